The Balaban J connectivity index is 1.88. The number of para-hydroxylation sites is 1. The second-order valence-corrected chi connectivity index (χ2v) is 6.22. The standard InChI is InChI=1S/C19H23N3O2/c1-14-10-11-17(24-14)12-20(3)13-18-15(2)21(4)22(19(18)23)16-8-6-5-7-9-16/h5-11H,12-13H2,1-4H3. The summed E-state index contributed by atoms with van der Waals surface area (Å²) in [4.78, 5) is 15.0. The minimum atomic E-state index is 0.0312. The Morgan fingerprint density at radius 2 is 1.75 bits per heavy atom. The Kier molecular flexibility index (Phi) is 4.44. The van der Waals surface area contributed by atoms with Gasteiger partial charge in [0, 0.05) is 19.3 Å². The first-order valence-corrected chi connectivity index (χ1v) is 8.04. The van der Waals surface area contributed by atoms with Gasteiger partial charge in [-0.25, -0.2) is 4.68 Å². The second kappa shape index (κ2) is 6.53. The number of benzene rings is 1. The summed E-state index contributed by atoms with van der Waals surface area (Å²) < 4.78 is 9.25. The zero-order valence-corrected chi connectivity index (χ0v) is 14.6. The zero-order chi connectivity index (χ0) is 17.3. The molecular formula is C19H23N3O2. The van der Waals surface area contributed by atoms with Crippen molar-refractivity contribution in [3.8, 4) is 5.69 Å². The molecule has 0 saturated carbocycles. The van der Waals surface area contributed by atoms with Gasteiger partial charge in [0.25, 0.3) is 5.56 Å². The molecule has 5 nitrogen and oxygen atoms in total. The van der Waals surface area contributed by atoms with Crippen LogP contribution in [0, 0.1) is 13.8 Å². The second-order valence-electron chi connectivity index (χ2n) is 6.22. The van der Waals surface area contributed by atoms with Crippen LogP contribution in [0.3, 0.4) is 0 Å². The van der Waals surface area contributed by atoms with Crippen LogP contribution >= 0.6 is 0 Å². The first-order valence-electron chi connectivity index (χ1n) is 8.04. The molecule has 0 aliphatic heterocycles. The molecule has 0 atom stereocenters. The molecule has 0 N–H and O–H groups in total. The lowest BCUT2D eigenvalue weighted by Gasteiger charge is -2.14. The lowest BCUT2D eigenvalue weighted by atomic mass is 10.2. The third-order valence-corrected chi connectivity index (χ3v) is 4.32. The van der Waals surface area contributed by atoms with Gasteiger partial charge in [-0.1, -0.05) is 18.2 Å². The smallest absolute Gasteiger partial charge is 0.276 e. The first-order chi connectivity index (χ1) is 11.5. The Labute approximate surface area is 141 Å². The van der Waals surface area contributed by atoms with Gasteiger partial charge in [-0.2, -0.15) is 0 Å². The van der Waals surface area contributed by atoms with Crippen LogP contribution in [0.25, 0.3) is 5.69 Å². The summed E-state index contributed by atoms with van der Waals surface area (Å²) in [6, 6.07) is 13.7. The third kappa shape index (κ3) is 3.08. The van der Waals surface area contributed by atoms with E-state index in [1.807, 2.05) is 75.1 Å². The van der Waals surface area contributed by atoms with Gasteiger partial charge >= 0.3 is 0 Å². The molecule has 0 amide bonds. The van der Waals surface area contributed by atoms with Crippen LogP contribution < -0.4 is 5.56 Å². The van der Waals surface area contributed by atoms with E-state index in [1.165, 1.54) is 0 Å². The fourth-order valence-electron chi connectivity index (χ4n) is 2.97. The normalized spacial score (nSPS) is 11.4. The Morgan fingerprint density at radius 1 is 1.04 bits per heavy atom. The lowest BCUT2D eigenvalue weighted by molar-refractivity contribution is 0.284. The number of aryl methyl sites for hydroxylation is 1. The lowest BCUT2D eigenvalue weighted by Crippen LogP contribution is -2.24. The summed E-state index contributed by atoms with van der Waals surface area (Å²) in [5, 5.41) is 0. The van der Waals surface area contributed by atoms with Crippen molar-refractivity contribution in [1.82, 2.24) is 14.3 Å². The van der Waals surface area contributed by atoms with E-state index in [-0.39, 0.29) is 5.56 Å². The van der Waals surface area contributed by atoms with Crippen molar-refractivity contribution in [3.63, 3.8) is 0 Å². The summed E-state index contributed by atoms with van der Waals surface area (Å²) in [6.45, 7) is 5.18. The minimum absolute atomic E-state index is 0.0312. The first kappa shape index (κ1) is 16.3. The predicted molar refractivity (Wildman–Crippen MR) is 94.4 cm³/mol. The maximum atomic E-state index is 12.9. The molecule has 2 heterocycles. The highest BCUT2D eigenvalue weighted by Gasteiger charge is 2.17. The van der Waals surface area contributed by atoms with Crippen LogP contribution in [-0.2, 0) is 20.1 Å². The molecule has 1 aromatic carbocycles. The number of hydrogen-bond acceptors (Lipinski definition) is 3. The molecule has 3 rings (SSSR count). The van der Waals surface area contributed by atoms with Gasteiger partial charge in [0.05, 0.1) is 17.8 Å². The highest BCUT2D eigenvalue weighted by Crippen LogP contribution is 2.14. The molecule has 0 saturated heterocycles. The van der Waals surface area contributed by atoms with E-state index >= 15 is 0 Å². The van der Waals surface area contributed by atoms with Crippen molar-refractivity contribution in [1.29, 1.82) is 0 Å². The molecule has 3 aromatic rings. The third-order valence-electron chi connectivity index (χ3n) is 4.32. The van der Waals surface area contributed by atoms with E-state index in [1.54, 1.807) is 4.68 Å². The van der Waals surface area contributed by atoms with Gasteiger partial charge in [0.2, 0.25) is 0 Å². The largest absolute Gasteiger partial charge is 0.465 e. The molecule has 5 heteroatoms. The molecule has 2 aromatic heterocycles. The molecular weight excluding hydrogens is 302 g/mol. The minimum Gasteiger partial charge on any atom is -0.465 e. The van der Waals surface area contributed by atoms with E-state index in [0.717, 1.165) is 28.5 Å². The number of nitrogens with zero attached hydrogens (tertiary/aromatic N) is 3. The Morgan fingerprint density at radius 3 is 2.38 bits per heavy atom. The van der Waals surface area contributed by atoms with Crippen LogP contribution in [0.1, 0.15) is 22.8 Å². The maximum Gasteiger partial charge on any atom is 0.276 e. The number of furan rings is 1. The molecule has 0 aliphatic carbocycles. The van der Waals surface area contributed by atoms with Crippen LogP contribution in [0.4, 0.5) is 0 Å². The van der Waals surface area contributed by atoms with E-state index in [9.17, 15) is 4.79 Å². The highest BCUT2D eigenvalue weighted by atomic mass is 16.3. The van der Waals surface area contributed by atoms with Gasteiger partial charge in [-0.3, -0.25) is 14.4 Å². The summed E-state index contributed by atoms with van der Waals surface area (Å²) >= 11 is 0. The predicted octanol–water partition coefficient (Wildman–Crippen LogP) is 3.02. The molecule has 0 bridgehead atoms. The molecule has 0 aliphatic rings. The SMILES string of the molecule is Cc1ccc(CN(C)Cc2c(C)n(C)n(-c3ccccc3)c2=O)o1. The summed E-state index contributed by atoms with van der Waals surface area (Å²) in [5.74, 6) is 1.81. The molecule has 24 heavy (non-hydrogen) atoms. The highest BCUT2D eigenvalue weighted by molar-refractivity contribution is 5.33. The number of rotatable bonds is 5. The average Bonchev–Trinajstić information content (AvgIpc) is 3.05. The van der Waals surface area contributed by atoms with Gasteiger partial charge in [-0.15, -0.1) is 0 Å². The van der Waals surface area contributed by atoms with Crippen molar-refractivity contribution in [2.24, 2.45) is 7.05 Å². The van der Waals surface area contributed by atoms with Crippen molar-refractivity contribution in [3.05, 3.63) is 75.6 Å². The van der Waals surface area contributed by atoms with E-state index in [0.29, 0.717) is 13.1 Å². The quantitative estimate of drug-likeness (QED) is 0.724. The molecule has 0 unspecified atom stereocenters. The van der Waals surface area contributed by atoms with Crippen LogP contribution in [0.5, 0.6) is 0 Å². The zero-order valence-electron chi connectivity index (χ0n) is 14.6. The van der Waals surface area contributed by atoms with Crippen LogP contribution in [0.15, 0.2) is 51.7 Å². The molecule has 126 valence electrons. The Bertz CT molecular complexity index is 887. The Hall–Kier alpha value is -2.53. The topological polar surface area (TPSA) is 43.3 Å². The fourth-order valence-corrected chi connectivity index (χ4v) is 2.97. The monoisotopic (exact) mass is 325 g/mol. The molecule has 0 fully saturated rings. The van der Waals surface area contributed by atoms with Gasteiger partial charge in [-0.05, 0) is 45.2 Å². The molecule has 0 spiro atoms. The summed E-state index contributed by atoms with van der Waals surface area (Å²) in [5.41, 5.74) is 2.70. The molecule has 0 radical (unpaired) electrons. The average molecular weight is 325 g/mol. The summed E-state index contributed by atoms with van der Waals surface area (Å²) in [6.07, 6.45) is 0. The van der Waals surface area contributed by atoms with Gasteiger partial charge in [0.1, 0.15) is 11.5 Å². The van der Waals surface area contributed by atoms with Crippen molar-refractivity contribution in [2.75, 3.05) is 7.05 Å². The maximum absolute atomic E-state index is 12.9. The van der Waals surface area contributed by atoms with E-state index < -0.39 is 0 Å². The summed E-state index contributed by atoms with van der Waals surface area (Å²) in [7, 11) is 3.92. The van der Waals surface area contributed by atoms with Gasteiger partial charge < -0.3 is 4.42 Å². The van der Waals surface area contributed by atoms with Crippen molar-refractivity contribution >= 4 is 0 Å². The van der Waals surface area contributed by atoms with Crippen molar-refractivity contribution in [2.45, 2.75) is 26.9 Å². The fraction of sp³-hybridized carbons (Fsp3) is 0.316. The van der Waals surface area contributed by atoms with Crippen LogP contribution in [0.2, 0.25) is 0 Å². The van der Waals surface area contributed by atoms with E-state index in [2.05, 4.69) is 4.90 Å². The van der Waals surface area contributed by atoms with E-state index in [4.69, 9.17) is 4.42 Å². The van der Waals surface area contributed by atoms with Gasteiger partial charge in [0.15, 0.2) is 0 Å². The number of hydrogen-bond donors (Lipinski definition) is 0. The number of aromatic nitrogens is 2. The van der Waals surface area contributed by atoms with Crippen LogP contribution in [-0.4, -0.2) is 21.3 Å². The van der Waals surface area contributed by atoms with Crippen molar-refractivity contribution < 1.29 is 4.42 Å².